The molecule has 0 saturated heterocycles. The fraction of sp³-hybridized carbons (Fsp3) is 0.385. The number of phenolic OH excluding ortho intramolecular Hbond substituents is 2. The third kappa shape index (κ3) is 14.0. The average Bonchev–Trinajstić information content (AvgIpc) is 3.15. The largest absolute Gasteiger partial charge is 0.508 e. The summed E-state index contributed by atoms with van der Waals surface area (Å²) in [7, 11) is 1.23. The SMILES string of the molecule is COC(=O)[C@H](CN)NC(=O)c1c(C)nc(NCCCc2cccc(O)c2)nc1C.Cc1nc(NCCCc2cccc(O)c2)nc(C)c1C(=O)N[C@@H](CN)C(=O)O. The number of hydrogen-bond donors (Lipinski definition) is 9. The molecular formula is C39H52N10O8. The highest BCUT2D eigenvalue weighted by atomic mass is 16.5. The van der Waals surface area contributed by atoms with Crippen molar-refractivity contribution in [3.05, 3.63) is 93.6 Å². The minimum absolute atomic E-state index is 0.0732. The number of phenols is 2. The van der Waals surface area contributed by atoms with Gasteiger partial charge in [0.05, 0.1) is 41.0 Å². The summed E-state index contributed by atoms with van der Waals surface area (Å²) < 4.78 is 4.62. The Morgan fingerprint density at radius 1 is 0.667 bits per heavy atom. The van der Waals surface area contributed by atoms with E-state index in [9.17, 15) is 29.4 Å². The van der Waals surface area contributed by atoms with Gasteiger partial charge in [-0.1, -0.05) is 24.3 Å². The van der Waals surface area contributed by atoms with Gasteiger partial charge in [-0.15, -0.1) is 0 Å². The molecular weight excluding hydrogens is 736 g/mol. The zero-order valence-electron chi connectivity index (χ0n) is 32.8. The second kappa shape index (κ2) is 22.2. The Balaban J connectivity index is 0.000000306. The van der Waals surface area contributed by atoms with Gasteiger partial charge in [-0.25, -0.2) is 29.5 Å². The molecule has 2 heterocycles. The fourth-order valence-corrected chi connectivity index (χ4v) is 5.70. The van der Waals surface area contributed by atoms with Gasteiger partial charge in [-0.05, 0) is 88.8 Å². The third-order valence-corrected chi connectivity index (χ3v) is 8.53. The lowest BCUT2D eigenvalue weighted by Crippen LogP contribution is -2.46. The van der Waals surface area contributed by atoms with Crippen LogP contribution in [-0.4, -0.2) is 104 Å². The van der Waals surface area contributed by atoms with E-state index in [0.717, 1.165) is 36.8 Å². The molecule has 0 radical (unpaired) electrons. The topological polar surface area (TPSA) is 290 Å². The number of methoxy groups -OCH3 is 1. The molecule has 0 bridgehead atoms. The van der Waals surface area contributed by atoms with Gasteiger partial charge >= 0.3 is 11.9 Å². The molecule has 11 N–H and O–H groups in total. The lowest BCUT2D eigenvalue weighted by Gasteiger charge is -2.16. The predicted octanol–water partition coefficient (Wildman–Crippen LogP) is 2.06. The van der Waals surface area contributed by atoms with Crippen molar-refractivity contribution in [2.24, 2.45) is 11.5 Å². The van der Waals surface area contributed by atoms with E-state index in [-0.39, 0.29) is 30.2 Å². The lowest BCUT2D eigenvalue weighted by atomic mass is 10.1. The maximum Gasteiger partial charge on any atom is 0.329 e. The molecule has 57 heavy (non-hydrogen) atoms. The molecule has 2 aromatic carbocycles. The maximum absolute atomic E-state index is 12.5. The van der Waals surface area contributed by atoms with Gasteiger partial charge in [-0.3, -0.25) is 9.59 Å². The fourth-order valence-electron chi connectivity index (χ4n) is 5.70. The summed E-state index contributed by atoms with van der Waals surface area (Å²) in [6.45, 7) is 7.72. The molecule has 4 aromatic rings. The average molecular weight is 789 g/mol. The quantitative estimate of drug-likeness (QED) is 0.0515. The summed E-state index contributed by atoms with van der Waals surface area (Å²) in [4.78, 5) is 64.8. The van der Waals surface area contributed by atoms with Crippen LogP contribution in [0.3, 0.4) is 0 Å². The molecule has 18 heteroatoms. The molecule has 0 spiro atoms. The zero-order valence-corrected chi connectivity index (χ0v) is 32.8. The number of aryl methyl sites for hydroxylation is 6. The van der Waals surface area contributed by atoms with Gasteiger partial charge in [0.2, 0.25) is 11.9 Å². The van der Waals surface area contributed by atoms with Crippen LogP contribution in [0.4, 0.5) is 11.9 Å². The van der Waals surface area contributed by atoms with Gasteiger partial charge in [0.1, 0.15) is 23.6 Å². The van der Waals surface area contributed by atoms with Crippen molar-refractivity contribution in [2.45, 2.75) is 65.5 Å². The minimum Gasteiger partial charge on any atom is -0.508 e. The van der Waals surface area contributed by atoms with Gasteiger partial charge in [0.25, 0.3) is 11.8 Å². The number of benzene rings is 2. The second-order valence-corrected chi connectivity index (χ2v) is 13.0. The maximum atomic E-state index is 12.5. The first-order valence-electron chi connectivity index (χ1n) is 18.2. The normalized spacial score (nSPS) is 11.6. The van der Waals surface area contributed by atoms with Crippen LogP contribution >= 0.6 is 0 Å². The molecule has 0 aliphatic rings. The minimum atomic E-state index is -1.20. The molecule has 0 unspecified atom stereocenters. The second-order valence-electron chi connectivity index (χ2n) is 13.0. The molecule has 2 amide bonds. The number of carboxylic acids is 1. The Bertz CT molecular complexity index is 1970. The molecule has 0 aliphatic heterocycles. The lowest BCUT2D eigenvalue weighted by molar-refractivity contribution is -0.142. The van der Waals surface area contributed by atoms with Gasteiger partial charge in [0.15, 0.2) is 0 Å². The van der Waals surface area contributed by atoms with Crippen molar-refractivity contribution in [3.8, 4) is 11.5 Å². The van der Waals surface area contributed by atoms with Gasteiger partial charge in [0, 0.05) is 26.2 Å². The number of carbonyl (C=O) groups is 4. The summed E-state index contributed by atoms with van der Waals surface area (Å²) in [5.41, 5.74) is 15.4. The molecule has 2 atom stereocenters. The number of rotatable bonds is 18. The van der Waals surface area contributed by atoms with Crippen LogP contribution in [0, 0.1) is 27.7 Å². The molecule has 0 aliphatic carbocycles. The van der Waals surface area contributed by atoms with Crippen LogP contribution in [0.1, 0.15) is 67.5 Å². The first kappa shape index (κ1) is 45.0. The van der Waals surface area contributed by atoms with Crippen molar-refractivity contribution in [1.29, 1.82) is 0 Å². The summed E-state index contributed by atoms with van der Waals surface area (Å²) >= 11 is 0. The van der Waals surface area contributed by atoms with Crippen LogP contribution in [0.15, 0.2) is 48.5 Å². The Kier molecular flexibility index (Phi) is 17.5. The molecule has 0 saturated carbocycles. The van der Waals surface area contributed by atoms with Gasteiger partial charge < -0.3 is 52.8 Å². The number of nitrogens with one attached hydrogen (secondary N) is 4. The Morgan fingerprint density at radius 3 is 1.39 bits per heavy atom. The van der Waals surface area contributed by atoms with Crippen LogP contribution in [0.5, 0.6) is 11.5 Å². The van der Waals surface area contributed by atoms with E-state index in [4.69, 9.17) is 16.6 Å². The smallest absolute Gasteiger partial charge is 0.329 e. The number of amides is 2. The van der Waals surface area contributed by atoms with Crippen LogP contribution in [0.25, 0.3) is 0 Å². The standard InChI is InChI=1S/C20H27N5O4.C19H25N5O4/c1-12-17(18(27)25-16(11-21)19(28)29-3)13(2)24-20(23-12)22-9-5-7-14-6-4-8-15(26)10-14;1-11-16(17(26)24-15(10-20)18(27)28)12(2)23-19(22-11)21-8-4-6-13-5-3-7-14(25)9-13/h4,6,8,10,16,26H,5,7,9,11,21H2,1-3H3,(H,25,27)(H,22,23,24);3,5,7,9,15,25H,4,6,8,10,20H2,1-2H3,(H,24,26)(H,27,28)(H,21,22,23)/t16-;15-/m00/s1. The van der Waals surface area contributed by atoms with Crippen LogP contribution < -0.4 is 32.7 Å². The first-order chi connectivity index (χ1) is 27.2. The number of nitrogens with two attached hydrogens (primary N) is 2. The highest BCUT2D eigenvalue weighted by Gasteiger charge is 2.24. The molecule has 2 aromatic heterocycles. The number of ether oxygens (including phenoxy) is 1. The number of carbonyl (C=O) groups excluding carboxylic acids is 3. The number of esters is 1. The summed E-state index contributed by atoms with van der Waals surface area (Å²) in [6.07, 6.45) is 3.22. The number of aromatic hydroxyl groups is 2. The highest BCUT2D eigenvalue weighted by molar-refractivity contribution is 5.99. The highest BCUT2D eigenvalue weighted by Crippen LogP contribution is 2.17. The summed E-state index contributed by atoms with van der Waals surface area (Å²) in [6, 6.07) is 12.2. The van der Waals surface area contributed by atoms with Gasteiger partial charge in [-0.2, -0.15) is 0 Å². The van der Waals surface area contributed by atoms with E-state index < -0.39 is 35.8 Å². The summed E-state index contributed by atoms with van der Waals surface area (Å²) in [5, 5.41) is 39.2. The Hall–Kier alpha value is -6.40. The third-order valence-electron chi connectivity index (χ3n) is 8.53. The van der Waals surface area contributed by atoms with E-state index >= 15 is 0 Å². The molecule has 306 valence electrons. The van der Waals surface area contributed by atoms with Crippen molar-refractivity contribution >= 4 is 35.6 Å². The van der Waals surface area contributed by atoms with Crippen molar-refractivity contribution in [3.63, 3.8) is 0 Å². The molecule has 18 nitrogen and oxygen atoms in total. The number of aromatic nitrogens is 4. The summed E-state index contributed by atoms with van der Waals surface area (Å²) in [5.74, 6) is -1.53. The van der Waals surface area contributed by atoms with E-state index in [1.807, 2.05) is 18.2 Å². The predicted molar refractivity (Wildman–Crippen MR) is 213 cm³/mol. The van der Waals surface area contributed by atoms with E-state index in [1.54, 1.807) is 58.0 Å². The van der Waals surface area contributed by atoms with E-state index in [2.05, 4.69) is 45.9 Å². The Morgan fingerprint density at radius 2 is 1.05 bits per heavy atom. The number of aliphatic carboxylic acids is 1. The van der Waals surface area contributed by atoms with Crippen molar-refractivity contribution < 1.29 is 39.2 Å². The number of carboxylic acid groups (broad SMARTS) is 1. The Labute approximate surface area is 330 Å². The zero-order chi connectivity index (χ0) is 42.1. The number of hydrogen-bond acceptors (Lipinski definition) is 15. The number of nitrogens with zero attached hydrogens (tertiary/aromatic N) is 4. The van der Waals surface area contributed by atoms with E-state index in [1.165, 1.54) is 7.11 Å². The monoisotopic (exact) mass is 788 g/mol. The molecule has 4 rings (SSSR count). The number of anilines is 2. The van der Waals surface area contributed by atoms with Crippen LogP contribution in [0.2, 0.25) is 0 Å². The van der Waals surface area contributed by atoms with Crippen molar-refractivity contribution in [2.75, 3.05) is 43.9 Å². The molecule has 0 fully saturated rings. The first-order valence-corrected chi connectivity index (χ1v) is 18.2. The van der Waals surface area contributed by atoms with Crippen molar-refractivity contribution in [1.82, 2.24) is 30.6 Å². The van der Waals surface area contributed by atoms with E-state index in [0.29, 0.717) is 53.3 Å². The van der Waals surface area contributed by atoms with Crippen LogP contribution in [-0.2, 0) is 27.2 Å².